The van der Waals surface area contributed by atoms with Crippen molar-refractivity contribution in [1.82, 2.24) is 14.9 Å². The summed E-state index contributed by atoms with van der Waals surface area (Å²) in [5.41, 5.74) is 2.32. The summed E-state index contributed by atoms with van der Waals surface area (Å²) < 4.78 is 0. The first-order valence-electron chi connectivity index (χ1n) is 12.1. The molecule has 1 aromatic heterocycles. The van der Waals surface area contributed by atoms with Crippen molar-refractivity contribution in [3.05, 3.63) is 17.1 Å². The van der Waals surface area contributed by atoms with Crippen LogP contribution in [-0.2, 0) is 11.2 Å². The lowest BCUT2D eigenvalue weighted by atomic mass is 9.88. The molecular weight excluding hydrogens is 360 g/mol. The van der Waals surface area contributed by atoms with E-state index in [1.807, 2.05) is 4.90 Å². The third-order valence-electron chi connectivity index (χ3n) is 7.91. The molecule has 0 bridgehead atoms. The van der Waals surface area contributed by atoms with Crippen LogP contribution in [0.15, 0.2) is 0 Å². The van der Waals surface area contributed by atoms with Gasteiger partial charge in [0.25, 0.3) is 0 Å². The molecule has 0 aromatic carbocycles. The smallest absolute Gasteiger partial charge is 0.228 e. The summed E-state index contributed by atoms with van der Waals surface area (Å²) in [5, 5.41) is 0. The zero-order chi connectivity index (χ0) is 19.8. The highest BCUT2D eigenvalue weighted by Crippen LogP contribution is 2.39. The number of hydrogen-bond acceptors (Lipinski definition) is 4. The summed E-state index contributed by atoms with van der Waals surface area (Å²) >= 11 is 0. The molecule has 3 fully saturated rings. The van der Waals surface area contributed by atoms with Gasteiger partial charge < -0.3 is 0 Å². The van der Waals surface area contributed by atoms with Crippen LogP contribution in [0.1, 0.15) is 100 Å². The minimum atomic E-state index is 0.270. The van der Waals surface area contributed by atoms with E-state index in [0.717, 1.165) is 36.7 Å². The van der Waals surface area contributed by atoms with Gasteiger partial charge in [0.2, 0.25) is 5.91 Å². The van der Waals surface area contributed by atoms with Crippen molar-refractivity contribution >= 4 is 11.7 Å². The van der Waals surface area contributed by atoms with Gasteiger partial charge in [0.1, 0.15) is 11.6 Å². The Morgan fingerprint density at radius 3 is 2.45 bits per heavy atom. The van der Waals surface area contributed by atoms with Crippen LogP contribution < -0.4 is 4.90 Å². The van der Waals surface area contributed by atoms with Gasteiger partial charge >= 0.3 is 0 Å². The lowest BCUT2D eigenvalue weighted by Gasteiger charge is -2.35. The minimum absolute atomic E-state index is 0.270. The van der Waals surface area contributed by atoms with Gasteiger partial charge in [0.15, 0.2) is 0 Å². The molecule has 5 heteroatoms. The fourth-order valence-electron chi connectivity index (χ4n) is 6.31. The van der Waals surface area contributed by atoms with Gasteiger partial charge in [0.05, 0.1) is 6.04 Å². The van der Waals surface area contributed by atoms with Gasteiger partial charge in [0, 0.05) is 30.3 Å². The number of anilines is 1. The van der Waals surface area contributed by atoms with Gasteiger partial charge in [-0.05, 0) is 64.3 Å². The first kappa shape index (κ1) is 19.5. The number of fused-ring (bicyclic) bond motifs is 1. The highest BCUT2D eigenvalue weighted by Gasteiger charge is 2.37. The van der Waals surface area contributed by atoms with E-state index in [4.69, 9.17) is 9.97 Å². The molecule has 0 N–H and O–H groups in total. The predicted octanol–water partition coefficient (Wildman–Crippen LogP) is 4.72. The zero-order valence-corrected chi connectivity index (χ0v) is 18.0. The van der Waals surface area contributed by atoms with E-state index < -0.39 is 0 Å². The van der Waals surface area contributed by atoms with Gasteiger partial charge in [-0.15, -0.1) is 0 Å². The maximum Gasteiger partial charge on any atom is 0.228 e. The number of likely N-dealkylation sites (tertiary alicyclic amines) is 1. The van der Waals surface area contributed by atoms with Crippen LogP contribution in [0.5, 0.6) is 0 Å². The number of nitrogens with zero attached hydrogens (tertiary/aromatic N) is 4. The number of carbonyl (C=O) groups excluding carboxylic acids is 1. The normalized spacial score (nSPS) is 27.0. The molecule has 0 unspecified atom stereocenters. The van der Waals surface area contributed by atoms with Gasteiger partial charge in [-0.1, -0.05) is 32.1 Å². The Labute approximate surface area is 175 Å². The van der Waals surface area contributed by atoms with Crippen molar-refractivity contribution in [3.63, 3.8) is 0 Å². The maximum absolute atomic E-state index is 12.9. The van der Waals surface area contributed by atoms with Crippen LogP contribution in [0.3, 0.4) is 0 Å². The topological polar surface area (TPSA) is 49.3 Å². The van der Waals surface area contributed by atoms with Crippen LogP contribution in [0.2, 0.25) is 0 Å². The Kier molecular flexibility index (Phi) is 5.59. The lowest BCUT2D eigenvalue weighted by Crippen LogP contribution is -2.41. The summed E-state index contributed by atoms with van der Waals surface area (Å²) in [6.45, 7) is 4.17. The molecule has 3 heterocycles. The Morgan fingerprint density at radius 2 is 1.66 bits per heavy atom. The molecule has 2 aliphatic carbocycles. The third-order valence-corrected chi connectivity index (χ3v) is 7.91. The van der Waals surface area contributed by atoms with Crippen LogP contribution in [0.4, 0.5) is 5.82 Å². The number of aryl methyl sites for hydroxylation is 1. The van der Waals surface area contributed by atoms with Crippen LogP contribution in [0, 0.1) is 12.8 Å². The van der Waals surface area contributed by atoms with Crippen molar-refractivity contribution in [2.75, 3.05) is 18.0 Å². The summed E-state index contributed by atoms with van der Waals surface area (Å²) in [6, 6.07) is 1.05. The first-order chi connectivity index (χ1) is 14.2. The zero-order valence-electron chi connectivity index (χ0n) is 18.0. The van der Waals surface area contributed by atoms with Crippen LogP contribution in [-0.4, -0.2) is 39.9 Å². The van der Waals surface area contributed by atoms with E-state index in [1.54, 1.807) is 0 Å². The van der Waals surface area contributed by atoms with Crippen molar-refractivity contribution < 1.29 is 4.79 Å². The summed E-state index contributed by atoms with van der Waals surface area (Å²) in [7, 11) is 0. The van der Waals surface area contributed by atoms with E-state index in [1.165, 1.54) is 76.3 Å². The van der Waals surface area contributed by atoms with E-state index in [2.05, 4.69) is 11.8 Å². The van der Waals surface area contributed by atoms with Gasteiger partial charge in [-0.3, -0.25) is 14.6 Å². The van der Waals surface area contributed by atoms with Crippen molar-refractivity contribution in [2.24, 2.45) is 5.92 Å². The Hall–Kier alpha value is -1.49. The average molecular weight is 397 g/mol. The highest BCUT2D eigenvalue weighted by molar-refractivity contribution is 5.95. The molecule has 0 spiro atoms. The van der Waals surface area contributed by atoms with Gasteiger partial charge in [-0.25, -0.2) is 9.97 Å². The molecule has 5 nitrogen and oxygen atoms in total. The second kappa shape index (κ2) is 8.33. The first-order valence-corrected chi connectivity index (χ1v) is 12.1. The van der Waals surface area contributed by atoms with E-state index in [0.29, 0.717) is 24.4 Å². The fourth-order valence-corrected chi connectivity index (χ4v) is 6.31. The van der Waals surface area contributed by atoms with E-state index in [9.17, 15) is 4.79 Å². The molecule has 5 rings (SSSR count). The molecule has 4 aliphatic rings. The van der Waals surface area contributed by atoms with Crippen molar-refractivity contribution in [1.29, 1.82) is 0 Å². The predicted molar refractivity (Wildman–Crippen MR) is 115 cm³/mol. The second-order valence-electron chi connectivity index (χ2n) is 9.81. The quantitative estimate of drug-likeness (QED) is 0.739. The van der Waals surface area contributed by atoms with E-state index >= 15 is 0 Å². The van der Waals surface area contributed by atoms with Crippen molar-refractivity contribution in [3.8, 4) is 0 Å². The Balaban J connectivity index is 1.44. The number of aromatic nitrogens is 2. The lowest BCUT2D eigenvalue weighted by molar-refractivity contribution is -0.119. The minimum Gasteiger partial charge on any atom is -0.296 e. The van der Waals surface area contributed by atoms with Gasteiger partial charge in [-0.2, -0.15) is 0 Å². The highest BCUT2D eigenvalue weighted by atomic mass is 16.2. The number of hydrogen-bond donors (Lipinski definition) is 0. The number of amides is 1. The third kappa shape index (κ3) is 3.83. The molecule has 1 atom stereocenters. The summed E-state index contributed by atoms with van der Waals surface area (Å²) in [6.07, 6.45) is 15.7. The molecule has 2 saturated carbocycles. The van der Waals surface area contributed by atoms with E-state index in [-0.39, 0.29) is 5.91 Å². The monoisotopic (exact) mass is 396 g/mol. The molecule has 1 amide bonds. The Bertz CT molecular complexity index is 751. The molecular formula is C24H36N4O. The fraction of sp³-hybridized carbons (Fsp3) is 0.792. The molecule has 0 radical (unpaired) electrons. The van der Waals surface area contributed by atoms with Crippen LogP contribution in [0.25, 0.3) is 0 Å². The molecule has 1 saturated heterocycles. The van der Waals surface area contributed by atoms with Crippen LogP contribution >= 0.6 is 0 Å². The summed E-state index contributed by atoms with van der Waals surface area (Å²) in [5.74, 6) is 2.84. The molecule has 29 heavy (non-hydrogen) atoms. The average Bonchev–Trinajstić information content (AvgIpc) is 3.42. The number of rotatable bonds is 4. The maximum atomic E-state index is 12.9. The van der Waals surface area contributed by atoms with Crippen molar-refractivity contribution in [2.45, 2.75) is 102 Å². The second-order valence-corrected chi connectivity index (χ2v) is 9.81. The molecule has 1 aromatic rings. The molecule has 158 valence electrons. The number of carbonyl (C=O) groups is 1. The SMILES string of the molecule is Cc1nc([C@@H]2CCCN2C2CCCC2)nc2c1CCC(=O)N2CC1CCCCC1. The summed E-state index contributed by atoms with van der Waals surface area (Å²) in [4.78, 5) is 27.8. The largest absolute Gasteiger partial charge is 0.296 e. The molecule has 2 aliphatic heterocycles. The standard InChI is InChI=1S/C24H36N4O/c1-17-20-13-14-22(29)28(16-18-8-3-2-4-9-18)24(20)26-23(25-17)21-12-7-15-27(21)19-10-5-6-11-19/h18-19,21H,2-16H2,1H3/t21-/m0/s1. The Morgan fingerprint density at radius 1 is 0.897 bits per heavy atom.